The molecule has 15 rings (SSSR count). The zero-order valence-electron chi connectivity index (χ0n) is 81.1. The molecule has 1 saturated heterocycles. The number of carbonyl (C=O) groups is 5. The third-order valence-electron chi connectivity index (χ3n) is 21.5. The van der Waals surface area contributed by atoms with E-state index in [0.29, 0.717) is 109 Å². The zero-order chi connectivity index (χ0) is 98.5. The number of fused-ring (bicyclic) bond motifs is 4. The summed E-state index contributed by atoms with van der Waals surface area (Å²) in [4.78, 5) is 129. The third kappa shape index (κ3) is 26.9. The van der Waals surface area contributed by atoms with Crippen molar-refractivity contribution in [3.05, 3.63) is 298 Å². The van der Waals surface area contributed by atoms with Gasteiger partial charge in [-0.3, -0.25) is 54.8 Å². The summed E-state index contributed by atoms with van der Waals surface area (Å²) in [5, 5.41) is 50.3. The predicted octanol–water partition coefficient (Wildman–Crippen LogP) is 13.0. The van der Waals surface area contributed by atoms with Gasteiger partial charge < -0.3 is 36.8 Å². The van der Waals surface area contributed by atoms with Crippen LogP contribution in [0.3, 0.4) is 0 Å². The molecule has 0 radical (unpaired) electrons. The Morgan fingerprint density at radius 3 is 1.49 bits per heavy atom. The van der Waals surface area contributed by atoms with Crippen LogP contribution in [-0.2, 0) is 45.5 Å². The number of amides is 3. The van der Waals surface area contributed by atoms with Crippen molar-refractivity contribution in [1.82, 2.24) is 74.6 Å². The number of aliphatic hydroxyl groups is 2. The van der Waals surface area contributed by atoms with Gasteiger partial charge in [0.25, 0.3) is 40.0 Å². The third-order valence-corrected chi connectivity index (χ3v) is 23.4. The molecule has 0 saturated carbocycles. The molecule has 2 aliphatic heterocycles. The number of hydrazine groups is 1. The first-order valence-corrected chi connectivity index (χ1v) is 45.0. The molecule has 0 aliphatic carbocycles. The number of pyridine rings is 4. The first-order valence-electron chi connectivity index (χ1n) is 42.8. The van der Waals surface area contributed by atoms with Crippen LogP contribution in [0.1, 0.15) is 244 Å². The second-order valence-corrected chi connectivity index (χ2v) is 41.1. The summed E-state index contributed by atoms with van der Waals surface area (Å²) in [6.07, 6.45) is 11.1. The van der Waals surface area contributed by atoms with E-state index in [1.807, 2.05) is 178 Å². The van der Waals surface area contributed by atoms with Gasteiger partial charge in [0.1, 0.15) is 11.5 Å². The summed E-state index contributed by atoms with van der Waals surface area (Å²) in [7, 11) is 1.51. The number of rotatable bonds is 10. The Morgan fingerprint density at radius 2 is 1.01 bits per heavy atom. The standard InChI is InChI=1S/C33H34N8O5.C18H16IN3O2.C16H23NO2.C15H23NO.C12H14N2O.C6H3FINO.H4N2.Na.H/c1-33(2,3)22-6-7-23-21(15-22)18-36-41(31(23)44)29-25(19-42)24(9-10-34-29)26-16-27(32(45)39(4)38-26)37-28-8-5-20(17-35-28)30(43)40-11-13-46-14-12-40;1-18(2,3)12-4-5-13-11(8-12)9-21-22(17(13)24)16-14(10-23)15(19)6-7-20-16;1-15(2,3)10-7-8-11-12(9-10)14(19)17(13(11)18)16(4,5)6;1-14(2,3)12-9-7-11(8-10-12)13(17)16-15(4,5)6;1-12(2,3)9-4-5-10-8(6-9)7-13-14-11(10)15;7-6-4(3-10)5(8)1-2-9-6;1-2;;/h5-10,15-18,42H,11-14,19H2,1-4H3,(H,35,37);4-10H,1-3H3;7-9,14,19H,1-6H3;7-10H,1-6H3,(H,16,17);4-7H,1-3H3,(H,14,15);1-3H;1-2H2;;/q;;;;;;;+1;-1. The molecule has 30 nitrogen and oxygen atoms in total. The van der Waals surface area contributed by atoms with Crippen LogP contribution in [0.2, 0.25) is 0 Å². The van der Waals surface area contributed by atoms with Gasteiger partial charge in [0.15, 0.2) is 30.4 Å². The molecule has 1 unspecified atom stereocenters. The number of carbonyl (C=O) groups excluding carboxylic acids is 5. The number of morpholine rings is 1. The molecule has 10 heterocycles. The molecule has 13 aromatic rings. The number of nitrogens with zero attached hydrogens (tertiary/aromatic N) is 13. The van der Waals surface area contributed by atoms with Gasteiger partial charge in [0.05, 0.1) is 77.0 Å². The van der Waals surface area contributed by atoms with Crippen LogP contribution in [0.5, 0.6) is 0 Å². The molecule has 5 aromatic carbocycles. The van der Waals surface area contributed by atoms with Gasteiger partial charge in [-0.05, 0) is 239 Å². The van der Waals surface area contributed by atoms with E-state index in [1.54, 1.807) is 77.1 Å². The number of hydrogen-bond acceptors (Lipinski definition) is 23. The van der Waals surface area contributed by atoms with Gasteiger partial charge in [-0.2, -0.15) is 34.1 Å². The van der Waals surface area contributed by atoms with Crippen molar-refractivity contribution in [1.29, 1.82) is 0 Å². The van der Waals surface area contributed by atoms with E-state index >= 15 is 0 Å². The minimum Gasteiger partial charge on any atom is -1.00 e. The Balaban J connectivity index is 0.000000237. The van der Waals surface area contributed by atoms with E-state index in [-0.39, 0.29) is 121 Å². The molecule has 702 valence electrons. The van der Waals surface area contributed by atoms with Crippen molar-refractivity contribution in [2.24, 2.45) is 18.7 Å². The van der Waals surface area contributed by atoms with E-state index < -0.39 is 29.9 Å². The molecule has 34 heteroatoms. The number of nitrogens with one attached hydrogen (secondary N) is 3. The van der Waals surface area contributed by atoms with Gasteiger partial charge in [-0.15, -0.1) is 0 Å². The largest absolute Gasteiger partial charge is 1.00 e. The van der Waals surface area contributed by atoms with Gasteiger partial charge >= 0.3 is 29.6 Å². The van der Waals surface area contributed by atoms with Crippen LogP contribution in [0.25, 0.3) is 55.2 Å². The maximum atomic E-state index is 13.6. The number of anilines is 2. The average Bonchev–Trinajstić information content (AvgIpc) is 1.62. The number of H-pyrrole nitrogens is 1. The first kappa shape index (κ1) is 108. The van der Waals surface area contributed by atoms with Crippen LogP contribution < -0.4 is 74.1 Å². The Hall–Kier alpha value is -11.3. The van der Waals surface area contributed by atoms with Gasteiger partial charge in [0.2, 0.25) is 5.95 Å². The summed E-state index contributed by atoms with van der Waals surface area (Å²) >= 11 is 3.92. The van der Waals surface area contributed by atoms with Crippen LogP contribution in [0, 0.1) is 13.1 Å². The SMILES string of the molecule is CC(C)(C)NC(=O)c1ccc(C(C)(C)C)cc1.CC(C)(C)c1ccc2c(=O)[nH]ncc2c1.CC(C)(C)c1ccc2c(=O)n(-c3nccc(I)c3C=O)ncc2c1.CC(C)(C)c1ccc2c(c1)C(O)N(C(C)(C)C)C2=O.Cn1nc(-c2ccnc(-n3ncc4cc(C(C)(C)C)ccc4c3=O)c2CO)cc(Nc2ccc(C(=O)N3CCOCC3)cn2)c1=O.NN.O=Cc1c(I)ccnc1F.[H-].[Na+]. The number of aromatic nitrogens is 12. The van der Waals surface area contributed by atoms with Crippen molar-refractivity contribution in [3.8, 4) is 22.9 Å². The Labute approximate surface area is 829 Å². The fourth-order valence-electron chi connectivity index (χ4n) is 13.9. The minimum absolute atomic E-state index is 0. The van der Waals surface area contributed by atoms with Crippen molar-refractivity contribution < 1.29 is 74.3 Å². The molecule has 3 amide bonds. The van der Waals surface area contributed by atoms with Crippen molar-refractivity contribution in [3.63, 3.8) is 0 Å². The van der Waals surface area contributed by atoms with E-state index in [1.165, 1.54) is 50.8 Å². The average molecular weight is 2060 g/mol. The summed E-state index contributed by atoms with van der Waals surface area (Å²) in [5.41, 5.74) is 8.29. The second kappa shape index (κ2) is 44.9. The molecule has 1 atom stereocenters. The minimum atomic E-state index is -0.843. The Kier molecular flexibility index (Phi) is 36.2. The summed E-state index contributed by atoms with van der Waals surface area (Å²) in [6.45, 7) is 45.3. The predicted molar refractivity (Wildman–Crippen MR) is 536 cm³/mol. The van der Waals surface area contributed by atoms with Gasteiger partial charge in [0, 0.05) is 107 Å². The molecule has 0 bridgehead atoms. The molecule has 9 N–H and O–H groups in total. The summed E-state index contributed by atoms with van der Waals surface area (Å²) in [6, 6.07) is 40.7. The maximum Gasteiger partial charge on any atom is 1.00 e. The number of aromatic amines is 1. The smallest absolute Gasteiger partial charge is 1.00 e. The van der Waals surface area contributed by atoms with Crippen LogP contribution >= 0.6 is 45.2 Å². The molecule has 8 aromatic heterocycles. The molecule has 1 fully saturated rings. The van der Waals surface area contributed by atoms with E-state index in [9.17, 15) is 57.8 Å². The quantitative estimate of drug-likeness (QED) is 0.0167. The van der Waals surface area contributed by atoms with E-state index in [4.69, 9.17) is 4.74 Å². The number of hydrogen-bond donors (Lipinski definition) is 7. The maximum absolute atomic E-state index is 13.6. The number of nitrogens with two attached hydrogens (primary N) is 2. The second-order valence-electron chi connectivity index (χ2n) is 38.8. The fourth-order valence-corrected chi connectivity index (χ4v) is 15.0. The molecular weight excluding hydrogens is 1940 g/mol. The Morgan fingerprint density at radius 1 is 0.552 bits per heavy atom. The summed E-state index contributed by atoms with van der Waals surface area (Å²) in [5.74, 6) is 7.81. The van der Waals surface area contributed by atoms with E-state index in [2.05, 4.69) is 172 Å². The monoisotopic (exact) mass is 2060 g/mol. The molecule has 0 spiro atoms. The van der Waals surface area contributed by atoms with Crippen LogP contribution in [-0.4, -0.2) is 147 Å². The number of halogens is 3. The van der Waals surface area contributed by atoms with Crippen LogP contribution in [0.15, 0.2) is 196 Å². The van der Waals surface area contributed by atoms with Crippen molar-refractivity contribution >= 4 is 119 Å². The van der Waals surface area contributed by atoms with Crippen LogP contribution in [0.4, 0.5) is 15.9 Å². The fraction of sp³-hybridized carbons (Fsp3) is 0.350. The number of benzene rings is 5. The Bertz CT molecular complexity index is 6680. The summed E-state index contributed by atoms with van der Waals surface area (Å²) < 4.78 is 22.7. The molecule has 2 aliphatic rings. The topological polar surface area (TPSA) is 420 Å². The van der Waals surface area contributed by atoms with E-state index in [0.717, 1.165) is 36.6 Å². The van der Waals surface area contributed by atoms with Crippen molar-refractivity contribution in [2.75, 3.05) is 31.6 Å². The van der Waals surface area contributed by atoms with Crippen molar-refractivity contribution in [2.45, 2.75) is 196 Å². The molecule has 134 heavy (non-hydrogen) atoms. The normalized spacial score (nSPS) is 13.2. The number of ether oxygens (including phenoxy) is 1. The number of aryl methyl sites for hydroxylation is 1. The number of aliphatic hydroxyl groups excluding tert-OH is 2. The first-order chi connectivity index (χ1) is 62.2. The number of aldehydes is 2. The van der Waals surface area contributed by atoms with Gasteiger partial charge in [-0.25, -0.2) is 29.7 Å². The molecular formula is C100H118FI2N18NaO12. The van der Waals surface area contributed by atoms with Gasteiger partial charge in [-0.1, -0.05) is 140 Å². The zero-order valence-corrected chi connectivity index (χ0v) is 86.4.